The van der Waals surface area contributed by atoms with E-state index >= 15 is 0 Å². The lowest BCUT2D eigenvalue weighted by molar-refractivity contribution is 0.543. The summed E-state index contributed by atoms with van der Waals surface area (Å²) < 4.78 is 0. The van der Waals surface area contributed by atoms with Crippen LogP contribution in [0, 0.1) is 6.92 Å². The molecule has 0 aromatic heterocycles. The van der Waals surface area contributed by atoms with Crippen LogP contribution in [0.1, 0.15) is 186 Å². The van der Waals surface area contributed by atoms with E-state index in [-0.39, 0.29) is 0 Å². The second-order valence-electron chi connectivity index (χ2n) is 12.2. The zero-order valence-corrected chi connectivity index (χ0v) is 28.5. The molecule has 1 aromatic carbocycles. The van der Waals surface area contributed by atoms with E-state index in [0.717, 1.165) is 0 Å². The summed E-state index contributed by atoms with van der Waals surface area (Å²) in [7, 11) is 0. The van der Waals surface area contributed by atoms with Gasteiger partial charge in [-0.2, -0.15) is 0 Å². The molecule has 2 heteroatoms. The number of hydrogen-bond acceptors (Lipinski definition) is 2. The quantitative estimate of drug-likeness (QED) is 0.0659. The predicted molar refractivity (Wildman–Crippen MR) is 184 cm³/mol. The third-order valence-electron chi connectivity index (χ3n) is 8.06. The summed E-state index contributed by atoms with van der Waals surface area (Å²) in [5.41, 5.74) is 1.43. The Kier molecular flexibility index (Phi) is 27.9. The van der Waals surface area contributed by atoms with Crippen LogP contribution in [0.25, 0.3) is 0 Å². The van der Waals surface area contributed by atoms with Crippen LogP contribution in [0.2, 0.25) is 0 Å². The third kappa shape index (κ3) is 25.4. The van der Waals surface area contributed by atoms with Crippen molar-refractivity contribution < 1.29 is 0 Å². The van der Waals surface area contributed by atoms with Gasteiger partial charge in [0.2, 0.25) is 0 Å². The minimum absolute atomic E-state index is 1.28. The number of hydrogen-bond donors (Lipinski definition) is 0. The van der Waals surface area contributed by atoms with Crippen LogP contribution < -0.4 is 0 Å². The zero-order chi connectivity index (χ0) is 28.1. The molecule has 228 valence electrons. The van der Waals surface area contributed by atoms with Gasteiger partial charge in [-0.1, -0.05) is 168 Å². The average Bonchev–Trinajstić information content (AvgIpc) is 2.93. The van der Waals surface area contributed by atoms with E-state index in [1.807, 2.05) is 0 Å². The molecular formula is C37H68S2. The predicted octanol–water partition coefficient (Wildman–Crippen LogP) is 14.4. The molecule has 0 saturated carbocycles. The maximum Gasteiger partial charge on any atom is 0.00857 e. The van der Waals surface area contributed by atoms with Gasteiger partial charge in [0.15, 0.2) is 0 Å². The van der Waals surface area contributed by atoms with E-state index in [4.69, 9.17) is 0 Å². The highest BCUT2D eigenvalue weighted by Gasteiger charge is 2.02. The molecule has 0 saturated heterocycles. The Labute approximate surface area is 255 Å². The van der Waals surface area contributed by atoms with Gasteiger partial charge in [-0.3, -0.25) is 0 Å². The Balaban J connectivity index is 1.95. The van der Waals surface area contributed by atoms with Crippen molar-refractivity contribution in [1.29, 1.82) is 0 Å². The second kappa shape index (κ2) is 29.4. The number of thioether (sulfide) groups is 2. The van der Waals surface area contributed by atoms with Crippen LogP contribution >= 0.6 is 23.5 Å². The molecule has 1 rings (SSSR count). The fourth-order valence-electron chi connectivity index (χ4n) is 5.50. The van der Waals surface area contributed by atoms with Gasteiger partial charge in [0.25, 0.3) is 0 Å². The molecule has 0 aliphatic heterocycles. The molecule has 0 spiro atoms. The van der Waals surface area contributed by atoms with Crippen molar-refractivity contribution in [2.45, 2.75) is 198 Å². The van der Waals surface area contributed by atoms with Crippen molar-refractivity contribution in [2.75, 3.05) is 11.5 Å². The Morgan fingerprint density at radius 3 is 0.897 bits per heavy atom. The van der Waals surface area contributed by atoms with E-state index in [9.17, 15) is 0 Å². The first kappa shape index (κ1) is 36.9. The van der Waals surface area contributed by atoms with Crippen LogP contribution in [0.4, 0.5) is 0 Å². The minimum atomic E-state index is 1.28. The Morgan fingerprint density at radius 1 is 0.359 bits per heavy atom. The third-order valence-corrected chi connectivity index (χ3v) is 10.2. The highest BCUT2D eigenvalue weighted by Crippen LogP contribution is 2.29. The Hall–Kier alpha value is -0.0800. The first-order valence-electron chi connectivity index (χ1n) is 17.6. The molecule has 0 fully saturated rings. The first-order chi connectivity index (χ1) is 19.3. The monoisotopic (exact) mass is 576 g/mol. The standard InChI is InChI=1S/C37H68S2/c1-4-6-8-10-12-14-16-18-20-22-24-26-28-30-38-36-32-35(3)33-37(34-36)39-31-29-27-25-23-21-19-17-15-13-11-9-7-5-2/h32-34H,4-31H2,1-3H3. The molecule has 0 nitrogen and oxygen atoms in total. The summed E-state index contributed by atoms with van der Waals surface area (Å²) in [5.74, 6) is 2.56. The second-order valence-corrected chi connectivity index (χ2v) is 14.5. The summed E-state index contributed by atoms with van der Waals surface area (Å²) >= 11 is 4.16. The van der Waals surface area contributed by atoms with Crippen LogP contribution in [-0.4, -0.2) is 11.5 Å². The molecule has 1 aromatic rings. The molecule has 0 radical (unpaired) electrons. The molecule has 0 aliphatic rings. The maximum absolute atomic E-state index is 2.45. The molecule has 0 amide bonds. The van der Waals surface area contributed by atoms with E-state index < -0.39 is 0 Å². The summed E-state index contributed by atoms with van der Waals surface area (Å²) in [6, 6.07) is 7.23. The van der Waals surface area contributed by atoms with Gasteiger partial charge >= 0.3 is 0 Å². The van der Waals surface area contributed by atoms with Gasteiger partial charge in [0, 0.05) is 9.79 Å². The van der Waals surface area contributed by atoms with Crippen molar-refractivity contribution in [3.05, 3.63) is 23.8 Å². The summed E-state index contributed by atoms with van der Waals surface area (Å²) in [4.78, 5) is 2.98. The highest BCUT2D eigenvalue weighted by atomic mass is 32.2. The minimum Gasteiger partial charge on any atom is -0.126 e. The molecule has 0 atom stereocenters. The van der Waals surface area contributed by atoms with Crippen LogP contribution in [-0.2, 0) is 0 Å². The number of unbranched alkanes of at least 4 members (excludes halogenated alkanes) is 24. The van der Waals surface area contributed by atoms with Crippen LogP contribution in [0.3, 0.4) is 0 Å². The fraction of sp³-hybridized carbons (Fsp3) is 0.838. The zero-order valence-electron chi connectivity index (χ0n) is 26.8. The number of rotatable bonds is 30. The van der Waals surface area contributed by atoms with E-state index in [0.29, 0.717) is 0 Å². The topological polar surface area (TPSA) is 0 Å². The number of aryl methyl sites for hydroxylation is 1. The average molecular weight is 577 g/mol. The summed E-state index contributed by atoms with van der Waals surface area (Å²) in [5, 5.41) is 0. The van der Waals surface area contributed by atoms with Gasteiger partial charge in [0.1, 0.15) is 0 Å². The smallest absolute Gasteiger partial charge is 0.00857 e. The van der Waals surface area contributed by atoms with Crippen LogP contribution in [0.15, 0.2) is 28.0 Å². The lowest BCUT2D eigenvalue weighted by Gasteiger charge is -2.08. The SMILES string of the molecule is CCCCCCCCCCCCCCCSc1cc(C)cc(SCCCCCCCCCCCCCCC)c1. The van der Waals surface area contributed by atoms with Crippen LogP contribution in [0.5, 0.6) is 0 Å². The first-order valence-corrected chi connectivity index (χ1v) is 19.6. The van der Waals surface area contributed by atoms with E-state index in [2.05, 4.69) is 62.5 Å². The van der Waals surface area contributed by atoms with E-state index in [1.54, 1.807) is 0 Å². The fourth-order valence-corrected chi connectivity index (χ4v) is 7.70. The molecule has 0 heterocycles. The van der Waals surface area contributed by atoms with Gasteiger partial charge < -0.3 is 0 Å². The molecule has 0 bridgehead atoms. The Morgan fingerprint density at radius 2 is 0.615 bits per heavy atom. The van der Waals surface area contributed by atoms with Gasteiger partial charge in [0.05, 0.1) is 0 Å². The largest absolute Gasteiger partial charge is 0.126 e. The van der Waals surface area contributed by atoms with Crippen molar-refractivity contribution >= 4 is 23.5 Å². The van der Waals surface area contributed by atoms with Gasteiger partial charge in [-0.25, -0.2) is 0 Å². The van der Waals surface area contributed by atoms with Crippen molar-refractivity contribution in [3.8, 4) is 0 Å². The lowest BCUT2D eigenvalue weighted by atomic mass is 10.1. The van der Waals surface area contributed by atoms with E-state index in [1.165, 1.54) is 194 Å². The molecular weight excluding hydrogens is 509 g/mol. The Bertz CT molecular complexity index is 576. The molecule has 39 heavy (non-hydrogen) atoms. The normalized spacial score (nSPS) is 11.5. The van der Waals surface area contributed by atoms with Crippen molar-refractivity contribution in [1.82, 2.24) is 0 Å². The maximum atomic E-state index is 2.45. The lowest BCUT2D eigenvalue weighted by Crippen LogP contribution is -1.87. The van der Waals surface area contributed by atoms with Crippen molar-refractivity contribution in [2.24, 2.45) is 0 Å². The van der Waals surface area contributed by atoms with Gasteiger partial charge in [-0.15, -0.1) is 23.5 Å². The molecule has 0 N–H and O–H groups in total. The molecule has 0 unspecified atom stereocenters. The number of benzene rings is 1. The van der Waals surface area contributed by atoms with Gasteiger partial charge in [-0.05, 0) is 55.0 Å². The van der Waals surface area contributed by atoms with Crippen molar-refractivity contribution in [3.63, 3.8) is 0 Å². The summed E-state index contributed by atoms with van der Waals surface area (Å²) in [6.07, 6.45) is 37.4. The molecule has 0 aliphatic carbocycles. The summed E-state index contributed by atoms with van der Waals surface area (Å²) in [6.45, 7) is 6.88. The highest BCUT2D eigenvalue weighted by molar-refractivity contribution is 8.00.